The van der Waals surface area contributed by atoms with E-state index in [4.69, 9.17) is 0 Å². The van der Waals surface area contributed by atoms with Gasteiger partial charge < -0.3 is 10.6 Å². The number of nitrogens with zero attached hydrogens (tertiary/aromatic N) is 4. The second-order valence-corrected chi connectivity index (χ2v) is 5.53. The first kappa shape index (κ1) is 12.9. The molecule has 2 N–H and O–H groups in total. The Hall–Kier alpha value is -2.76. The lowest BCUT2D eigenvalue weighted by Gasteiger charge is -2.10. The number of rotatable bonds is 4. The molecule has 0 saturated heterocycles. The molecule has 4 rings (SSSR count). The van der Waals surface area contributed by atoms with Crippen molar-refractivity contribution < 1.29 is 0 Å². The fourth-order valence-electron chi connectivity index (χ4n) is 2.24. The summed E-state index contributed by atoms with van der Waals surface area (Å²) in [6, 6.07) is 6.40. The molecule has 0 spiro atoms. The van der Waals surface area contributed by atoms with Crippen molar-refractivity contribution in [2.75, 3.05) is 10.6 Å². The molecule has 0 atom stereocenters. The van der Waals surface area contributed by atoms with E-state index in [1.165, 1.54) is 12.8 Å². The highest BCUT2D eigenvalue weighted by Gasteiger charge is 2.22. The van der Waals surface area contributed by atoms with Crippen molar-refractivity contribution in [2.45, 2.75) is 25.8 Å². The molecule has 0 aliphatic heterocycles. The van der Waals surface area contributed by atoms with Gasteiger partial charge in [-0.1, -0.05) is 0 Å². The Balaban J connectivity index is 1.60. The Labute approximate surface area is 128 Å². The number of anilines is 3. The van der Waals surface area contributed by atoms with Gasteiger partial charge in [0.05, 0.1) is 11.0 Å². The quantitative estimate of drug-likeness (QED) is 0.769. The van der Waals surface area contributed by atoms with Gasteiger partial charge in [0.15, 0.2) is 0 Å². The maximum Gasteiger partial charge on any atom is 0.229 e. The van der Waals surface area contributed by atoms with E-state index < -0.39 is 0 Å². The van der Waals surface area contributed by atoms with Crippen LogP contribution in [0.15, 0.2) is 36.8 Å². The monoisotopic (exact) mass is 292 g/mol. The molecule has 1 aliphatic carbocycles. The van der Waals surface area contributed by atoms with E-state index in [0.29, 0.717) is 12.0 Å². The van der Waals surface area contributed by atoms with Crippen molar-refractivity contribution in [1.29, 1.82) is 0 Å². The summed E-state index contributed by atoms with van der Waals surface area (Å²) in [4.78, 5) is 17.5. The highest BCUT2D eigenvalue weighted by molar-refractivity contribution is 5.79. The fourth-order valence-corrected chi connectivity index (χ4v) is 2.24. The van der Waals surface area contributed by atoms with Crippen LogP contribution in [0.2, 0.25) is 0 Å². The first-order valence-corrected chi connectivity index (χ1v) is 7.36. The first-order valence-electron chi connectivity index (χ1n) is 7.36. The van der Waals surface area contributed by atoms with Crippen molar-refractivity contribution in [1.82, 2.24) is 19.9 Å². The second-order valence-electron chi connectivity index (χ2n) is 5.53. The molecule has 0 radical (unpaired) electrons. The van der Waals surface area contributed by atoms with Gasteiger partial charge in [-0.2, -0.15) is 4.98 Å². The van der Waals surface area contributed by atoms with Crippen molar-refractivity contribution in [2.24, 2.45) is 0 Å². The molecule has 110 valence electrons. The normalized spacial score (nSPS) is 14.0. The zero-order valence-electron chi connectivity index (χ0n) is 12.2. The molecular formula is C16H16N6. The Bertz CT molecular complexity index is 828. The van der Waals surface area contributed by atoms with Crippen LogP contribution in [0.25, 0.3) is 11.0 Å². The van der Waals surface area contributed by atoms with Gasteiger partial charge >= 0.3 is 0 Å². The Kier molecular flexibility index (Phi) is 3.07. The van der Waals surface area contributed by atoms with E-state index in [0.717, 1.165) is 28.1 Å². The minimum atomic E-state index is 0.567. The molecule has 0 unspecified atom stereocenters. The van der Waals surface area contributed by atoms with Crippen LogP contribution in [0.5, 0.6) is 0 Å². The van der Waals surface area contributed by atoms with Crippen LogP contribution in [0.1, 0.15) is 18.4 Å². The van der Waals surface area contributed by atoms with Gasteiger partial charge in [0.1, 0.15) is 5.82 Å². The Morgan fingerprint density at radius 1 is 1.05 bits per heavy atom. The number of aromatic nitrogens is 4. The van der Waals surface area contributed by atoms with E-state index >= 15 is 0 Å². The maximum absolute atomic E-state index is 4.56. The molecule has 2 aromatic heterocycles. The molecular weight excluding hydrogens is 276 g/mol. The number of fused-ring (bicyclic) bond motifs is 1. The molecule has 6 nitrogen and oxygen atoms in total. The van der Waals surface area contributed by atoms with E-state index in [1.54, 1.807) is 12.4 Å². The zero-order chi connectivity index (χ0) is 14.9. The molecule has 0 bridgehead atoms. The van der Waals surface area contributed by atoms with Gasteiger partial charge in [0.2, 0.25) is 5.95 Å². The van der Waals surface area contributed by atoms with Gasteiger partial charge in [-0.15, -0.1) is 0 Å². The molecule has 0 amide bonds. The lowest BCUT2D eigenvalue weighted by molar-refractivity contribution is 1.06. The van der Waals surface area contributed by atoms with Gasteiger partial charge in [0.25, 0.3) is 0 Å². The first-order chi connectivity index (χ1) is 10.8. The minimum Gasteiger partial charge on any atom is -0.367 e. The summed E-state index contributed by atoms with van der Waals surface area (Å²) in [5.74, 6) is 1.48. The standard InChI is InChI=1S/C16H16N6/c1-10-9-19-16(22-15(10)20-11-2-3-11)21-12-4-5-13-14(8-12)18-7-6-17-13/h4-9,11H,2-3H2,1H3,(H2,19,20,21,22). The van der Waals surface area contributed by atoms with E-state index in [-0.39, 0.29) is 0 Å². The average molecular weight is 292 g/mol. The summed E-state index contributed by atoms with van der Waals surface area (Å²) in [5.41, 5.74) is 3.67. The summed E-state index contributed by atoms with van der Waals surface area (Å²) < 4.78 is 0. The summed E-state index contributed by atoms with van der Waals surface area (Å²) >= 11 is 0. The van der Waals surface area contributed by atoms with Crippen molar-refractivity contribution >= 4 is 28.5 Å². The van der Waals surface area contributed by atoms with Gasteiger partial charge in [0, 0.05) is 35.9 Å². The van der Waals surface area contributed by atoms with Crippen molar-refractivity contribution in [3.05, 3.63) is 42.4 Å². The largest absolute Gasteiger partial charge is 0.367 e. The predicted octanol–water partition coefficient (Wildman–Crippen LogP) is 3.05. The number of aryl methyl sites for hydroxylation is 1. The molecule has 22 heavy (non-hydrogen) atoms. The van der Waals surface area contributed by atoms with Gasteiger partial charge in [-0.3, -0.25) is 9.97 Å². The van der Waals surface area contributed by atoms with E-state index in [1.807, 2.05) is 31.3 Å². The highest BCUT2D eigenvalue weighted by Crippen LogP contribution is 2.26. The third kappa shape index (κ3) is 2.67. The van der Waals surface area contributed by atoms with Crippen LogP contribution in [0, 0.1) is 6.92 Å². The average Bonchev–Trinajstić information content (AvgIpc) is 3.35. The van der Waals surface area contributed by atoms with Crippen LogP contribution in [0.4, 0.5) is 17.5 Å². The summed E-state index contributed by atoms with van der Waals surface area (Å²) in [5, 5.41) is 6.65. The van der Waals surface area contributed by atoms with E-state index in [9.17, 15) is 0 Å². The second kappa shape index (κ2) is 5.22. The summed E-state index contributed by atoms with van der Waals surface area (Å²) in [7, 11) is 0. The highest BCUT2D eigenvalue weighted by atomic mass is 15.2. The van der Waals surface area contributed by atoms with Crippen LogP contribution in [-0.4, -0.2) is 26.0 Å². The minimum absolute atomic E-state index is 0.567. The lowest BCUT2D eigenvalue weighted by Crippen LogP contribution is -2.07. The molecule has 6 heteroatoms. The number of nitrogens with one attached hydrogen (secondary N) is 2. The Morgan fingerprint density at radius 3 is 2.68 bits per heavy atom. The van der Waals surface area contributed by atoms with Crippen LogP contribution >= 0.6 is 0 Å². The molecule has 3 aromatic rings. The molecule has 1 aliphatic rings. The third-order valence-electron chi connectivity index (χ3n) is 3.62. The Morgan fingerprint density at radius 2 is 1.86 bits per heavy atom. The molecule has 1 fully saturated rings. The SMILES string of the molecule is Cc1cnc(Nc2ccc3nccnc3c2)nc1NC1CC1. The topological polar surface area (TPSA) is 75.6 Å². The molecule has 1 saturated carbocycles. The third-order valence-corrected chi connectivity index (χ3v) is 3.62. The van der Waals surface area contributed by atoms with Gasteiger partial charge in [-0.05, 0) is 38.0 Å². The fraction of sp³-hybridized carbons (Fsp3) is 0.250. The predicted molar refractivity (Wildman–Crippen MR) is 86.2 cm³/mol. The number of hydrogen-bond donors (Lipinski definition) is 2. The lowest BCUT2D eigenvalue weighted by atomic mass is 10.2. The summed E-state index contributed by atoms with van der Waals surface area (Å²) in [6.07, 6.45) is 7.65. The smallest absolute Gasteiger partial charge is 0.229 e. The number of hydrogen-bond acceptors (Lipinski definition) is 6. The molecule has 1 aromatic carbocycles. The van der Waals surface area contributed by atoms with Gasteiger partial charge in [-0.25, -0.2) is 4.98 Å². The van der Waals surface area contributed by atoms with Crippen molar-refractivity contribution in [3.63, 3.8) is 0 Å². The zero-order valence-corrected chi connectivity index (χ0v) is 12.2. The van der Waals surface area contributed by atoms with Crippen LogP contribution in [0.3, 0.4) is 0 Å². The molecule has 2 heterocycles. The number of benzene rings is 1. The van der Waals surface area contributed by atoms with Crippen molar-refractivity contribution in [3.8, 4) is 0 Å². The van der Waals surface area contributed by atoms with E-state index in [2.05, 4.69) is 30.6 Å². The maximum atomic E-state index is 4.56. The van der Waals surface area contributed by atoms with Crippen LogP contribution in [-0.2, 0) is 0 Å². The summed E-state index contributed by atoms with van der Waals surface area (Å²) in [6.45, 7) is 2.01. The van der Waals surface area contributed by atoms with Crippen LogP contribution < -0.4 is 10.6 Å².